The van der Waals surface area contributed by atoms with E-state index in [1.54, 1.807) is 18.3 Å². The van der Waals surface area contributed by atoms with Crippen LogP contribution in [0, 0.1) is 12.8 Å². The molecule has 5 nitrogen and oxygen atoms in total. The minimum Gasteiger partial charge on any atom is -0.315 e. The van der Waals surface area contributed by atoms with Crippen LogP contribution in [-0.4, -0.2) is 32.5 Å². The van der Waals surface area contributed by atoms with Crippen molar-refractivity contribution in [3.05, 3.63) is 36.0 Å². The molecule has 2 aromatic rings. The van der Waals surface area contributed by atoms with E-state index in [0.717, 1.165) is 24.0 Å². The van der Waals surface area contributed by atoms with Crippen LogP contribution in [0.1, 0.15) is 18.9 Å². The Morgan fingerprint density at radius 3 is 2.91 bits per heavy atom. The number of fused-ring (bicyclic) bond motifs is 1. The van der Waals surface area contributed by atoms with Gasteiger partial charge >= 0.3 is 0 Å². The molecule has 1 aromatic carbocycles. The molecule has 1 aliphatic heterocycles. The molecule has 1 saturated heterocycles. The van der Waals surface area contributed by atoms with Gasteiger partial charge < -0.3 is 5.32 Å². The third kappa shape index (κ3) is 2.86. The van der Waals surface area contributed by atoms with E-state index in [-0.39, 0.29) is 6.04 Å². The third-order valence-electron chi connectivity index (χ3n) is 4.36. The first-order valence-electron chi connectivity index (χ1n) is 7.56. The maximum absolute atomic E-state index is 12.8. The van der Waals surface area contributed by atoms with E-state index in [1.165, 1.54) is 0 Å². The maximum atomic E-state index is 12.8. The second kappa shape index (κ2) is 5.95. The summed E-state index contributed by atoms with van der Waals surface area (Å²) in [5, 5.41) is 3.92. The first-order valence-corrected chi connectivity index (χ1v) is 9.05. The van der Waals surface area contributed by atoms with Gasteiger partial charge in [-0.25, -0.2) is 13.1 Å². The molecule has 1 aliphatic rings. The first-order chi connectivity index (χ1) is 10.5. The molecule has 0 bridgehead atoms. The molecule has 2 atom stereocenters. The van der Waals surface area contributed by atoms with Crippen LogP contribution in [-0.2, 0) is 10.0 Å². The number of nitrogens with one attached hydrogen (secondary N) is 2. The van der Waals surface area contributed by atoms with Crippen molar-refractivity contribution in [1.82, 2.24) is 15.0 Å². The first kappa shape index (κ1) is 15.4. The molecule has 0 radical (unpaired) electrons. The van der Waals surface area contributed by atoms with Gasteiger partial charge in [-0.2, -0.15) is 0 Å². The fourth-order valence-electron chi connectivity index (χ4n) is 2.93. The Morgan fingerprint density at radius 1 is 1.32 bits per heavy atom. The summed E-state index contributed by atoms with van der Waals surface area (Å²) in [6.07, 6.45) is 2.66. The molecule has 0 amide bonds. The molecule has 118 valence electrons. The zero-order valence-corrected chi connectivity index (χ0v) is 13.7. The highest BCUT2D eigenvalue weighted by atomic mass is 32.2. The van der Waals surface area contributed by atoms with E-state index >= 15 is 0 Å². The van der Waals surface area contributed by atoms with Crippen molar-refractivity contribution in [3.8, 4) is 0 Å². The molecule has 3 rings (SSSR count). The van der Waals surface area contributed by atoms with Gasteiger partial charge in [0.1, 0.15) is 0 Å². The minimum atomic E-state index is -3.57. The average molecular weight is 319 g/mol. The number of hydrogen-bond donors (Lipinski definition) is 2. The molecular formula is C16H21N3O2S. The summed E-state index contributed by atoms with van der Waals surface area (Å²) in [5.74, 6) is 0.325. The number of rotatable bonds is 3. The topological polar surface area (TPSA) is 71.1 Å². The summed E-state index contributed by atoms with van der Waals surface area (Å²) in [7, 11) is -3.57. The van der Waals surface area contributed by atoms with Crippen molar-refractivity contribution in [2.75, 3.05) is 13.1 Å². The molecule has 2 unspecified atom stereocenters. The summed E-state index contributed by atoms with van der Waals surface area (Å²) in [4.78, 5) is 4.62. The number of aryl methyl sites for hydroxylation is 1. The quantitative estimate of drug-likeness (QED) is 0.905. The number of benzene rings is 1. The number of sulfonamides is 1. The van der Waals surface area contributed by atoms with Crippen LogP contribution < -0.4 is 10.0 Å². The van der Waals surface area contributed by atoms with E-state index in [0.29, 0.717) is 22.7 Å². The van der Waals surface area contributed by atoms with Gasteiger partial charge in [-0.05, 0) is 49.6 Å². The fourth-order valence-corrected chi connectivity index (χ4v) is 4.47. The fraction of sp³-hybridized carbons (Fsp3) is 0.438. The van der Waals surface area contributed by atoms with E-state index in [9.17, 15) is 8.42 Å². The molecule has 0 aliphatic carbocycles. The van der Waals surface area contributed by atoms with Crippen LogP contribution in [0.15, 0.2) is 35.4 Å². The summed E-state index contributed by atoms with van der Waals surface area (Å²) in [6.45, 7) is 5.63. The second-order valence-corrected chi connectivity index (χ2v) is 7.66. The highest BCUT2D eigenvalue weighted by Gasteiger charge is 2.27. The predicted octanol–water partition coefficient (Wildman–Crippen LogP) is 1.82. The number of hydrogen-bond acceptors (Lipinski definition) is 4. The van der Waals surface area contributed by atoms with E-state index in [2.05, 4.69) is 21.9 Å². The van der Waals surface area contributed by atoms with Gasteiger partial charge in [0.25, 0.3) is 0 Å². The van der Waals surface area contributed by atoms with Crippen molar-refractivity contribution < 1.29 is 8.42 Å². The molecule has 22 heavy (non-hydrogen) atoms. The lowest BCUT2D eigenvalue weighted by molar-refractivity contribution is 0.327. The van der Waals surface area contributed by atoms with Gasteiger partial charge in [0.15, 0.2) is 0 Å². The molecule has 0 spiro atoms. The van der Waals surface area contributed by atoms with Gasteiger partial charge in [0, 0.05) is 24.2 Å². The Labute approximate surface area is 131 Å². The standard InChI is InChI=1S/C16H21N3O2S/c1-11-7-9-17-10-14(11)19-22(20,21)15-6-5-12(2)16-13(15)4-3-8-18-16/h3-6,8,11,14,17,19H,7,9-10H2,1-2H3. The lowest BCUT2D eigenvalue weighted by Gasteiger charge is -2.30. The summed E-state index contributed by atoms with van der Waals surface area (Å²) in [5.41, 5.74) is 1.71. The van der Waals surface area contributed by atoms with Crippen molar-refractivity contribution in [3.63, 3.8) is 0 Å². The number of nitrogens with zero attached hydrogens (tertiary/aromatic N) is 1. The van der Waals surface area contributed by atoms with E-state index in [1.807, 2.05) is 19.1 Å². The van der Waals surface area contributed by atoms with E-state index in [4.69, 9.17) is 0 Å². The zero-order valence-electron chi connectivity index (χ0n) is 12.8. The van der Waals surface area contributed by atoms with E-state index < -0.39 is 10.0 Å². The Kier molecular flexibility index (Phi) is 4.16. The Morgan fingerprint density at radius 2 is 2.14 bits per heavy atom. The average Bonchev–Trinajstić information content (AvgIpc) is 2.50. The van der Waals surface area contributed by atoms with Crippen LogP contribution in [0.25, 0.3) is 10.9 Å². The van der Waals surface area contributed by atoms with Crippen molar-refractivity contribution >= 4 is 20.9 Å². The number of piperidine rings is 1. The lowest BCUT2D eigenvalue weighted by Crippen LogP contribution is -2.50. The highest BCUT2D eigenvalue weighted by molar-refractivity contribution is 7.89. The van der Waals surface area contributed by atoms with Crippen LogP contribution in [0.3, 0.4) is 0 Å². The molecule has 2 N–H and O–H groups in total. The molecule has 1 fully saturated rings. The zero-order chi connectivity index (χ0) is 15.7. The lowest BCUT2D eigenvalue weighted by atomic mass is 9.96. The molecule has 6 heteroatoms. The Bertz CT molecular complexity index is 789. The van der Waals surface area contributed by atoms with Crippen LogP contribution in [0.2, 0.25) is 0 Å². The SMILES string of the molecule is Cc1ccc(S(=O)(=O)NC2CNCCC2C)c2cccnc12. The van der Waals surface area contributed by atoms with Crippen LogP contribution in [0.4, 0.5) is 0 Å². The number of aromatic nitrogens is 1. The monoisotopic (exact) mass is 319 g/mol. The smallest absolute Gasteiger partial charge is 0.241 e. The largest absolute Gasteiger partial charge is 0.315 e. The van der Waals surface area contributed by atoms with Crippen LogP contribution in [0.5, 0.6) is 0 Å². The molecule has 1 aromatic heterocycles. The van der Waals surface area contributed by atoms with Crippen molar-refractivity contribution in [1.29, 1.82) is 0 Å². The third-order valence-corrected chi connectivity index (χ3v) is 5.90. The molecule has 0 saturated carbocycles. The van der Waals surface area contributed by atoms with Crippen molar-refractivity contribution in [2.45, 2.75) is 31.2 Å². The van der Waals surface area contributed by atoms with Crippen molar-refractivity contribution in [2.24, 2.45) is 5.92 Å². The summed E-state index contributed by atoms with van der Waals surface area (Å²) >= 11 is 0. The molecular weight excluding hydrogens is 298 g/mol. The second-order valence-electron chi connectivity index (χ2n) is 5.98. The van der Waals surface area contributed by atoms with Gasteiger partial charge in [0.2, 0.25) is 10.0 Å². The number of pyridine rings is 1. The highest BCUT2D eigenvalue weighted by Crippen LogP contribution is 2.25. The Balaban J connectivity index is 2.01. The maximum Gasteiger partial charge on any atom is 0.241 e. The van der Waals surface area contributed by atoms with Gasteiger partial charge in [-0.3, -0.25) is 4.98 Å². The van der Waals surface area contributed by atoms with Gasteiger partial charge in [0.05, 0.1) is 10.4 Å². The summed E-state index contributed by atoms with van der Waals surface area (Å²) < 4.78 is 28.5. The minimum absolute atomic E-state index is 0.0771. The van der Waals surface area contributed by atoms with Gasteiger partial charge in [-0.15, -0.1) is 0 Å². The predicted molar refractivity (Wildman–Crippen MR) is 87.2 cm³/mol. The summed E-state index contributed by atoms with van der Waals surface area (Å²) in [6, 6.07) is 6.99. The Hall–Kier alpha value is -1.50. The van der Waals surface area contributed by atoms with Crippen LogP contribution >= 0.6 is 0 Å². The molecule has 2 heterocycles. The van der Waals surface area contributed by atoms with Gasteiger partial charge in [-0.1, -0.05) is 13.0 Å². The normalized spacial score (nSPS) is 22.8.